The van der Waals surface area contributed by atoms with E-state index < -0.39 is 26.7 Å². The average Bonchev–Trinajstić information content (AvgIpc) is 2.76. The van der Waals surface area contributed by atoms with Crippen LogP contribution in [0.5, 0.6) is 0 Å². The zero-order valence-corrected chi connectivity index (χ0v) is 11.4. The van der Waals surface area contributed by atoms with Crippen LogP contribution in [0.4, 0.5) is 0 Å². The van der Waals surface area contributed by atoms with E-state index in [2.05, 4.69) is 0 Å². The molecule has 102 valence electrons. The highest BCUT2D eigenvalue weighted by Crippen LogP contribution is 2.36. The molecule has 1 heterocycles. The first-order chi connectivity index (χ1) is 8.34. The van der Waals surface area contributed by atoms with Crippen LogP contribution in [-0.4, -0.2) is 42.1 Å². The molecule has 0 aromatic carbocycles. The molecule has 1 saturated heterocycles. The van der Waals surface area contributed by atoms with Gasteiger partial charge in [0.2, 0.25) is 10.0 Å². The number of nitrogens with zero attached hydrogens (tertiary/aromatic N) is 2. The summed E-state index contributed by atoms with van der Waals surface area (Å²) < 4.78 is 25.4. The van der Waals surface area contributed by atoms with Gasteiger partial charge < -0.3 is 5.11 Å². The fraction of sp³-hybridized carbons (Fsp3) is 0.818. The minimum absolute atomic E-state index is 0.0284. The van der Waals surface area contributed by atoms with Gasteiger partial charge in [0.25, 0.3) is 0 Å². The van der Waals surface area contributed by atoms with Crippen LogP contribution in [0.25, 0.3) is 0 Å². The molecule has 0 aromatic heterocycles. The zero-order valence-electron chi connectivity index (χ0n) is 10.6. The number of hydrogen-bond acceptors (Lipinski definition) is 4. The molecule has 7 heteroatoms. The molecule has 1 fully saturated rings. The van der Waals surface area contributed by atoms with Gasteiger partial charge in [-0.3, -0.25) is 4.79 Å². The monoisotopic (exact) mass is 274 g/mol. The molecular formula is C11H18N2O4S. The van der Waals surface area contributed by atoms with E-state index in [9.17, 15) is 18.3 Å². The highest BCUT2D eigenvalue weighted by atomic mass is 32.2. The lowest BCUT2D eigenvalue weighted by Gasteiger charge is -2.23. The summed E-state index contributed by atoms with van der Waals surface area (Å²) in [5.41, 5.74) is -0.999. The zero-order chi connectivity index (χ0) is 14.0. The molecule has 0 aromatic rings. The molecule has 1 aliphatic heterocycles. The summed E-state index contributed by atoms with van der Waals surface area (Å²) in [5, 5.41) is 17.0. The lowest BCUT2D eigenvalue weighted by molar-refractivity contribution is -0.148. The molecule has 1 rings (SSSR count). The number of carboxylic acids is 1. The average molecular weight is 274 g/mol. The minimum Gasteiger partial charge on any atom is -0.481 e. The van der Waals surface area contributed by atoms with Crippen molar-refractivity contribution in [1.29, 1.82) is 5.26 Å². The second kappa shape index (κ2) is 5.24. The maximum atomic E-state index is 12.1. The molecule has 18 heavy (non-hydrogen) atoms. The Morgan fingerprint density at radius 2 is 2.17 bits per heavy atom. The van der Waals surface area contributed by atoms with Gasteiger partial charge in [0.1, 0.15) is 0 Å². The number of rotatable bonds is 5. The Bertz CT molecular complexity index is 468. The van der Waals surface area contributed by atoms with Crippen molar-refractivity contribution >= 4 is 16.0 Å². The van der Waals surface area contributed by atoms with Crippen LogP contribution in [0.15, 0.2) is 0 Å². The van der Waals surface area contributed by atoms with Crippen LogP contribution in [0, 0.1) is 16.7 Å². The van der Waals surface area contributed by atoms with Crippen molar-refractivity contribution in [3.8, 4) is 6.07 Å². The van der Waals surface area contributed by atoms with Gasteiger partial charge in [0.15, 0.2) is 5.25 Å². The van der Waals surface area contributed by atoms with E-state index in [0.29, 0.717) is 12.8 Å². The van der Waals surface area contributed by atoms with Gasteiger partial charge in [0.05, 0.1) is 11.5 Å². The molecule has 6 nitrogen and oxygen atoms in total. The number of hydrogen-bond donors (Lipinski definition) is 1. The quantitative estimate of drug-likeness (QED) is 0.799. The predicted molar refractivity (Wildman–Crippen MR) is 65.2 cm³/mol. The summed E-state index contributed by atoms with van der Waals surface area (Å²) in [6, 6.07) is 1.77. The van der Waals surface area contributed by atoms with Gasteiger partial charge in [-0.05, 0) is 19.3 Å². The number of carboxylic acid groups (broad SMARTS) is 1. The Kier molecular flexibility index (Phi) is 4.35. The highest BCUT2D eigenvalue weighted by molar-refractivity contribution is 7.90. The van der Waals surface area contributed by atoms with Crippen LogP contribution in [0.3, 0.4) is 0 Å². The number of nitriles is 1. The summed E-state index contributed by atoms with van der Waals surface area (Å²) in [6.45, 7) is 3.53. The van der Waals surface area contributed by atoms with Gasteiger partial charge in [-0.15, -0.1) is 0 Å². The number of aliphatic carboxylic acids is 1. The standard InChI is InChI=1S/C11H18N2O4S/c1-3-9(7-12)18(16,17)13-6-5-11(4-2,8-13)10(14)15/h9H,3-6,8H2,1-2H3,(H,14,15). The smallest absolute Gasteiger partial charge is 0.311 e. The number of carbonyl (C=O) groups is 1. The lowest BCUT2D eigenvalue weighted by atomic mass is 9.85. The third-order valence-electron chi connectivity index (χ3n) is 3.68. The first-order valence-electron chi connectivity index (χ1n) is 5.96. The van der Waals surface area contributed by atoms with Gasteiger partial charge >= 0.3 is 5.97 Å². The van der Waals surface area contributed by atoms with Crippen molar-refractivity contribution in [2.75, 3.05) is 13.1 Å². The van der Waals surface area contributed by atoms with E-state index in [0.717, 1.165) is 4.31 Å². The van der Waals surface area contributed by atoms with Gasteiger partial charge in [-0.2, -0.15) is 9.57 Å². The Labute approximate surface area is 107 Å². The van der Waals surface area contributed by atoms with Crippen molar-refractivity contribution in [1.82, 2.24) is 4.31 Å². The van der Waals surface area contributed by atoms with Crippen molar-refractivity contribution in [3.05, 3.63) is 0 Å². The number of sulfonamides is 1. The Hall–Kier alpha value is -1.13. The van der Waals surface area contributed by atoms with Crippen molar-refractivity contribution in [2.45, 2.75) is 38.4 Å². The summed E-state index contributed by atoms with van der Waals surface area (Å²) in [7, 11) is -3.71. The molecule has 1 N–H and O–H groups in total. The first-order valence-corrected chi connectivity index (χ1v) is 7.46. The summed E-state index contributed by atoms with van der Waals surface area (Å²) in [5.74, 6) is -0.965. The fourth-order valence-corrected chi connectivity index (χ4v) is 3.90. The normalized spacial score (nSPS) is 26.7. The maximum Gasteiger partial charge on any atom is 0.311 e. The van der Waals surface area contributed by atoms with Crippen molar-refractivity contribution in [3.63, 3.8) is 0 Å². The molecule has 0 aliphatic carbocycles. The molecule has 0 spiro atoms. The predicted octanol–water partition coefficient (Wildman–Crippen LogP) is 0.805. The molecule has 0 radical (unpaired) electrons. The van der Waals surface area contributed by atoms with Gasteiger partial charge in [-0.25, -0.2) is 8.42 Å². The SMILES string of the molecule is CCC(C#N)S(=O)(=O)N1CCC(CC)(C(=O)O)C1. The maximum absolute atomic E-state index is 12.1. The van der Waals surface area contributed by atoms with E-state index in [1.54, 1.807) is 19.9 Å². The molecule has 2 unspecified atom stereocenters. The summed E-state index contributed by atoms with van der Waals surface area (Å²) >= 11 is 0. The highest BCUT2D eigenvalue weighted by Gasteiger charge is 2.48. The van der Waals surface area contributed by atoms with Crippen molar-refractivity contribution < 1.29 is 18.3 Å². The fourth-order valence-electron chi connectivity index (χ4n) is 2.21. The molecule has 0 saturated carbocycles. The topological polar surface area (TPSA) is 98.5 Å². The van der Waals surface area contributed by atoms with E-state index in [1.165, 1.54) is 0 Å². The molecule has 0 bridgehead atoms. The molecular weight excluding hydrogens is 256 g/mol. The van der Waals surface area contributed by atoms with E-state index >= 15 is 0 Å². The molecule has 2 atom stereocenters. The van der Waals surface area contributed by atoms with Gasteiger partial charge in [0, 0.05) is 13.1 Å². The van der Waals surface area contributed by atoms with Crippen LogP contribution in [0.1, 0.15) is 33.1 Å². The molecule has 1 aliphatic rings. The minimum atomic E-state index is -3.71. The second-order valence-corrected chi connectivity index (χ2v) is 6.71. The van der Waals surface area contributed by atoms with E-state index in [-0.39, 0.29) is 19.5 Å². The van der Waals surface area contributed by atoms with Crippen LogP contribution < -0.4 is 0 Å². The third-order valence-corrected chi connectivity index (χ3v) is 5.87. The van der Waals surface area contributed by atoms with E-state index in [4.69, 9.17) is 5.26 Å². The van der Waals surface area contributed by atoms with Gasteiger partial charge in [-0.1, -0.05) is 13.8 Å². The first kappa shape index (κ1) is 14.9. The summed E-state index contributed by atoms with van der Waals surface area (Å²) in [6.07, 6.45) is 0.902. The largest absolute Gasteiger partial charge is 0.481 e. The third kappa shape index (κ3) is 2.35. The van der Waals surface area contributed by atoms with Crippen LogP contribution in [-0.2, 0) is 14.8 Å². The van der Waals surface area contributed by atoms with Crippen LogP contribution in [0.2, 0.25) is 0 Å². The van der Waals surface area contributed by atoms with Crippen molar-refractivity contribution in [2.24, 2.45) is 5.41 Å². The summed E-state index contributed by atoms with van der Waals surface area (Å²) in [4.78, 5) is 11.2. The second-order valence-electron chi connectivity index (χ2n) is 4.59. The lowest BCUT2D eigenvalue weighted by Crippen LogP contribution is -2.40. The van der Waals surface area contributed by atoms with Crippen LogP contribution >= 0.6 is 0 Å². The Morgan fingerprint density at radius 3 is 2.50 bits per heavy atom. The van der Waals surface area contributed by atoms with E-state index in [1.807, 2.05) is 0 Å². The Morgan fingerprint density at radius 1 is 1.56 bits per heavy atom. The molecule has 0 amide bonds. The Balaban J connectivity index is 2.97.